The van der Waals surface area contributed by atoms with Crippen molar-refractivity contribution >= 4 is 18.3 Å². The first-order valence-corrected chi connectivity index (χ1v) is 7.28. The molecule has 2 rings (SSSR count). The lowest BCUT2D eigenvalue weighted by Crippen LogP contribution is -2.22. The fraction of sp³-hybridized carbons (Fsp3) is 0.167. The second-order valence-electron chi connectivity index (χ2n) is 4.87. The molecule has 0 saturated carbocycles. The van der Waals surface area contributed by atoms with Crippen LogP contribution >= 0.6 is 12.4 Å². The first-order valence-electron chi connectivity index (χ1n) is 7.28. The number of hydrogen-bond donors (Lipinski definition) is 2. The molecular weight excluding hydrogens is 331 g/mol. The minimum absolute atomic E-state index is 0. The second-order valence-corrected chi connectivity index (χ2v) is 4.87. The van der Waals surface area contributed by atoms with E-state index in [0.29, 0.717) is 17.9 Å². The van der Waals surface area contributed by atoms with Gasteiger partial charge in [-0.15, -0.1) is 12.4 Å². The molecule has 0 atom stereocenters. The lowest BCUT2D eigenvalue weighted by molar-refractivity contribution is 0.0951. The quantitative estimate of drug-likeness (QED) is 0.805. The third kappa shape index (κ3) is 6.40. The lowest BCUT2D eigenvalue weighted by Gasteiger charge is -2.07. The van der Waals surface area contributed by atoms with Crippen LogP contribution in [0.5, 0.6) is 5.75 Å². The Bertz CT molecular complexity index is 660. The fourth-order valence-electron chi connectivity index (χ4n) is 1.92. The Labute approximate surface area is 146 Å². The van der Waals surface area contributed by atoms with E-state index in [1.807, 2.05) is 30.3 Å². The van der Waals surface area contributed by atoms with Crippen LogP contribution in [0.3, 0.4) is 0 Å². The highest BCUT2D eigenvalue weighted by atomic mass is 35.5. The topological polar surface area (TPSA) is 64.3 Å². The molecule has 0 bridgehead atoms. The highest BCUT2D eigenvalue weighted by Gasteiger charge is 2.05. The smallest absolute Gasteiger partial charge is 0.251 e. The molecule has 6 heteroatoms. The van der Waals surface area contributed by atoms with Gasteiger partial charge in [-0.1, -0.05) is 30.3 Å². The molecular formula is C18H20ClFN2O2. The fourth-order valence-corrected chi connectivity index (χ4v) is 1.92. The van der Waals surface area contributed by atoms with Crippen molar-refractivity contribution in [3.8, 4) is 5.75 Å². The number of benzene rings is 2. The zero-order chi connectivity index (χ0) is 16.5. The van der Waals surface area contributed by atoms with Crippen molar-refractivity contribution < 1.29 is 13.9 Å². The van der Waals surface area contributed by atoms with Gasteiger partial charge in [0.2, 0.25) is 0 Å². The molecule has 4 nitrogen and oxygen atoms in total. The predicted octanol–water partition coefficient (Wildman–Crippen LogP) is 3.23. The van der Waals surface area contributed by atoms with Crippen LogP contribution in [0.2, 0.25) is 0 Å². The highest BCUT2D eigenvalue weighted by molar-refractivity contribution is 5.94. The van der Waals surface area contributed by atoms with Crippen LogP contribution in [0.15, 0.2) is 66.5 Å². The van der Waals surface area contributed by atoms with Crippen molar-refractivity contribution in [2.45, 2.75) is 6.54 Å². The zero-order valence-corrected chi connectivity index (χ0v) is 13.9. The van der Waals surface area contributed by atoms with Gasteiger partial charge in [-0.25, -0.2) is 4.39 Å². The lowest BCUT2D eigenvalue weighted by atomic mass is 10.2. The Morgan fingerprint density at radius 1 is 1.12 bits per heavy atom. The molecule has 128 valence electrons. The monoisotopic (exact) mass is 350 g/mol. The van der Waals surface area contributed by atoms with E-state index in [2.05, 4.69) is 5.32 Å². The Hall–Kier alpha value is -2.37. The van der Waals surface area contributed by atoms with Crippen LogP contribution in [0.1, 0.15) is 15.9 Å². The van der Waals surface area contributed by atoms with E-state index < -0.39 is 5.83 Å². The second kappa shape index (κ2) is 10.4. The molecule has 0 aromatic heterocycles. The summed E-state index contributed by atoms with van der Waals surface area (Å²) in [6.45, 7) is 0.430. The van der Waals surface area contributed by atoms with Crippen molar-refractivity contribution in [1.82, 2.24) is 5.32 Å². The molecule has 0 unspecified atom stereocenters. The van der Waals surface area contributed by atoms with Crippen molar-refractivity contribution in [3.63, 3.8) is 0 Å². The van der Waals surface area contributed by atoms with Gasteiger partial charge in [0, 0.05) is 18.7 Å². The number of nitrogens with two attached hydrogens (primary N) is 1. The van der Waals surface area contributed by atoms with Crippen molar-refractivity contribution in [2.24, 2.45) is 5.73 Å². The van der Waals surface area contributed by atoms with Crippen molar-refractivity contribution in [1.29, 1.82) is 0 Å². The maximum absolute atomic E-state index is 13.2. The number of rotatable bonds is 7. The molecule has 2 aromatic rings. The van der Waals surface area contributed by atoms with Crippen LogP contribution in [0.4, 0.5) is 4.39 Å². The summed E-state index contributed by atoms with van der Waals surface area (Å²) in [6.07, 6.45) is 1.26. The van der Waals surface area contributed by atoms with Gasteiger partial charge >= 0.3 is 0 Å². The van der Waals surface area contributed by atoms with E-state index in [-0.39, 0.29) is 31.5 Å². The summed E-state index contributed by atoms with van der Waals surface area (Å²) < 4.78 is 18.4. The molecule has 0 aliphatic rings. The summed E-state index contributed by atoms with van der Waals surface area (Å²) in [4.78, 5) is 12.0. The standard InChI is InChI=1S/C18H19FN2O2.ClH/c19-16(10-11-20)13-23-17-8-6-15(7-9-17)18(22)21-12-14-4-2-1-3-5-14;/h1-10H,11-13,20H2,(H,21,22);1H/b16-10-;. The number of ether oxygens (including phenoxy) is 1. The predicted molar refractivity (Wildman–Crippen MR) is 95.0 cm³/mol. The number of halogens is 2. The normalized spacial score (nSPS) is 10.7. The Balaban J connectivity index is 0.00000288. The van der Waals surface area contributed by atoms with Gasteiger partial charge in [0.05, 0.1) is 0 Å². The van der Waals surface area contributed by atoms with Crippen LogP contribution in [-0.2, 0) is 6.54 Å². The van der Waals surface area contributed by atoms with Crippen LogP contribution < -0.4 is 15.8 Å². The molecule has 0 aliphatic heterocycles. The maximum atomic E-state index is 13.2. The third-order valence-corrected chi connectivity index (χ3v) is 3.13. The van der Waals surface area contributed by atoms with Gasteiger partial charge in [-0.3, -0.25) is 4.79 Å². The van der Waals surface area contributed by atoms with Gasteiger partial charge in [0.25, 0.3) is 5.91 Å². The van der Waals surface area contributed by atoms with E-state index in [9.17, 15) is 9.18 Å². The minimum Gasteiger partial charge on any atom is -0.487 e. The van der Waals surface area contributed by atoms with Gasteiger partial charge in [-0.05, 0) is 35.9 Å². The molecule has 0 radical (unpaired) electrons. The van der Waals surface area contributed by atoms with Gasteiger partial charge < -0.3 is 15.8 Å². The number of nitrogens with one attached hydrogen (secondary N) is 1. The molecule has 1 amide bonds. The molecule has 0 aliphatic carbocycles. The van der Waals surface area contributed by atoms with Gasteiger partial charge in [0.15, 0.2) is 0 Å². The molecule has 24 heavy (non-hydrogen) atoms. The Morgan fingerprint density at radius 2 is 1.79 bits per heavy atom. The molecule has 0 fully saturated rings. The SMILES string of the molecule is Cl.NC/C=C(\F)COc1ccc(C(=O)NCc2ccccc2)cc1. The van der Waals surface area contributed by atoms with E-state index in [4.69, 9.17) is 10.5 Å². The summed E-state index contributed by atoms with van der Waals surface area (Å²) in [7, 11) is 0. The first-order chi connectivity index (χ1) is 11.2. The first kappa shape index (κ1) is 19.7. The summed E-state index contributed by atoms with van der Waals surface area (Å²) in [5.74, 6) is -0.100. The minimum atomic E-state index is -0.419. The van der Waals surface area contributed by atoms with Crippen molar-refractivity contribution in [3.05, 3.63) is 77.6 Å². The molecule has 0 saturated heterocycles. The average molecular weight is 351 g/mol. The molecule has 3 N–H and O–H groups in total. The van der Waals surface area contributed by atoms with E-state index in [0.717, 1.165) is 5.56 Å². The average Bonchev–Trinajstić information content (AvgIpc) is 2.59. The van der Waals surface area contributed by atoms with E-state index in [1.165, 1.54) is 6.08 Å². The Kier molecular flexibility index (Phi) is 8.54. The maximum Gasteiger partial charge on any atom is 0.251 e. The number of carbonyl (C=O) groups excluding carboxylic acids is 1. The van der Waals surface area contributed by atoms with Crippen LogP contribution in [-0.4, -0.2) is 19.1 Å². The van der Waals surface area contributed by atoms with Crippen molar-refractivity contribution in [2.75, 3.05) is 13.2 Å². The Morgan fingerprint density at radius 3 is 2.42 bits per heavy atom. The third-order valence-electron chi connectivity index (χ3n) is 3.13. The molecule has 0 spiro atoms. The largest absolute Gasteiger partial charge is 0.487 e. The summed E-state index contributed by atoms with van der Waals surface area (Å²) in [6, 6.07) is 16.2. The molecule has 0 heterocycles. The van der Waals surface area contributed by atoms with Crippen LogP contribution in [0.25, 0.3) is 0 Å². The molecule has 2 aromatic carbocycles. The number of hydrogen-bond acceptors (Lipinski definition) is 3. The number of carbonyl (C=O) groups is 1. The van der Waals surface area contributed by atoms with E-state index in [1.54, 1.807) is 24.3 Å². The zero-order valence-electron chi connectivity index (χ0n) is 13.1. The summed E-state index contributed by atoms with van der Waals surface area (Å²) in [5.41, 5.74) is 6.76. The van der Waals surface area contributed by atoms with Crippen LogP contribution in [0, 0.1) is 0 Å². The van der Waals surface area contributed by atoms with Gasteiger partial charge in [-0.2, -0.15) is 0 Å². The van der Waals surface area contributed by atoms with E-state index >= 15 is 0 Å². The van der Waals surface area contributed by atoms with Gasteiger partial charge in [0.1, 0.15) is 18.2 Å². The summed E-state index contributed by atoms with van der Waals surface area (Å²) in [5, 5.41) is 2.84. The highest BCUT2D eigenvalue weighted by Crippen LogP contribution is 2.13. The number of amides is 1. The summed E-state index contributed by atoms with van der Waals surface area (Å²) >= 11 is 0.